The van der Waals surface area contributed by atoms with Gasteiger partial charge in [-0.1, -0.05) is 40.5 Å². The number of amides is 1. The van der Waals surface area contributed by atoms with Gasteiger partial charge >= 0.3 is 0 Å². The molecule has 0 bridgehead atoms. The van der Waals surface area contributed by atoms with Gasteiger partial charge in [0.25, 0.3) is 0 Å². The molecule has 4 heteroatoms. The molecule has 1 amide bonds. The predicted octanol–water partition coefficient (Wildman–Crippen LogP) is 2.93. The molecule has 3 nitrogen and oxygen atoms in total. The fraction of sp³-hybridized carbons (Fsp3) is 0.533. The van der Waals surface area contributed by atoms with Gasteiger partial charge < -0.3 is 10.6 Å². The van der Waals surface area contributed by atoms with Crippen LogP contribution < -0.4 is 5.73 Å². The van der Waals surface area contributed by atoms with E-state index in [1.807, 2.05) is 36.2 Å². The number of nitrogens with two attached hydrogens (primary N) is 1. The SMILES string of the molecule is CN(Cc1ccccc1Br)C(=O)[C@H]1CCC[C@H](N)C1. The molecular formula is C15H21BrN2O. The van der Waals surface area contributed by atoms with Crippen LogP contribution in [0.25, 0.3) is 0 Å². The van der Waals surface area contributed by atoms with E-state index in [9.17, 15) is 4.79 Å². The van der Waals surface area contributed by atoms with Crippen LogP contribution >= 0.6 is 15.9 Å². The number of benzene rings is 1. The molecule has 1 saturated carbocycles. The molecule has 2 atom stereocenters. The second-order valence-corrected chi connectivity index (χ2v) is 6.26. The molecule has 2 N–H and O–H groups in total. The van der Waals surface area contributed by atoms with Crippen molar-refractivity contribution in [3.05, 3.63) is 34.3 Å². The standard InChI is InChI=1S/C15H21BrN2O/c1-18(10-12-5-2-3-8-14(12)16)15(19)11-6-4-7-13(17)9-11/h2-3,5,8,11,13H,4,6-7,9-10,17H2,1H3/t11-,13-/m0/s1. The lowest BCUT2D eigenvalue weighted by Gasteiger charge is -2.29. The highest BCUT2D eigenvalue weighted by atomic mass is 79.9. The minimum absolute atomic E-state index is 0.108. The molecule has 0 aromatic heterocycles. The summed E-state index contributed by atoms with van der Waals surface area (Å²) in [5.41, 5.74) is 7.10. The first-order valence-electron chi connectivity index (χ1n) is 6.82. The lowest BCUT2D eigenvalue weighted by atomic mass is 9.85. The maximum atomic E-state index is 12.4. The summed E-state index contributed by atoms with van der Waals surface area (Å²) in [6, 6.07) is 8.22. The van der Waals surface area contributed by atoms with Crippen molar-refractivity contribution in [2.24, 2.45) is 11.7 Å². The van der Waals surface area contributed by atoms with E-state index < -0.39 is 0 Å². The van der Waals surface area contributed by atoms with Gasteiger partial charge in [0.05, 0.1) is 0 Å². The zero-order valence-electron chi connectivity index (χ0n) is 11.3. The summed E-state index contributed by atoms with van der Waals surface area (Å²) < 4.78 is 1.05. The van der Waals surface area contributed by atoms with Crippen molar-refractivity contribution in [3.63, 3.8) is 0 Å². The van der Waals surface area contributed by atoms with E-state index in [-0.39, 0.29) is 17.9 Å². The lowest BCUT2D eigenvalue weighted by Crippen LogP contribution is -2.38. The fourth-order valence-corrected chi connectivity index (χ4v) is 3.13. The second kappa shape index (κ2) is 6.53. The topological polar surface area (TPSA) is 46.3 Å². The number of nitrogens with zero attached hydrogens (tertiary/aromatic N) is 1. The Bertz CT molecular complexity index is 450. The third-order valence-electron chi connectivity index (χ3n) is 3.81. The van der Waals surface area contributed by atoms with Crippen LogP contribution in [-0.4, -0.2) is 23.9 Å². The first-order chi connectivity index (χ1) is 9.08. The molecule has 1 aromatic carbocycles. The Morgan fingerprint density at radius 2 is 2.16 bits per heavy atom. The molecule has 0 radical (unpaired) electrons. The predicted molar refractivity (Wildman–Crippen MR) is 80.5 cm³/mol. The smallest absolute Gasteiger partial charge is 0.225 e. The summed E-state index contributed by atoms with van der Waals surface area (Å²) in [7, 11) is 1.88. The summed E-state index contributed by atoms with van der Waals surface area (Å²) in [6.45, 7) is 0.645. The summed E-state index contributed by atoms with van der Waals surface area (Å²) in [5, 5.41) is 0. The molecule has 0 unspecified atom stereocenters. The molecule has 1 aliphatic carbocycles. The van der Waals surface area contributed by atoms with Crippen molar-refractivity contribution in [1.82, 2.24) is 4.90 Å². The van der Waals surface area contributed by atoms with E-state index in [0.29, 0.717) is 6.54 Å². The average Bonchev–Trinajstić information content (AvgIpc) is 2.40. The molecule has 2 rings (SSSR count). The molecule has 1 aliphatic rings. The van der Waals surface area contributed by atoms with Crippen LogP contribution in [0.4, 0.5) is 0 Å². The monoisotopic (exact) mass is 324 g/mol. The van der Waals surface area contributed by atoms with Crippen LogP contribution in [0.3, 0.4) is 0 Å². The zero-order chi connectivity index (χ0) is 13.8. The van der Waals surface area contributed by atoms with E-state index in [4.69, 9.17) is 5.73 Å². The molecule has 1 aromatic rings. The maximum Gasteiger partial charge on any atom is 0.225 e. The van der Waals surface area contributed by atoms with Gasteiger partial charge in [-0.15, -0.1) is 0 Å². The Morgan fingerprint density at radius 1 is 1.42 bits per heavy atom. The van der Waals surface area contributed by atoms with Gasteiger partial charge in [0.15, 0.2) is 0 Å². The number of carbonyl (C=O) groups excluding carboxylic acids is 1. The number of carbonyl (C=O) groups is 1. The minimum Gasteiger partial charge on any atom is -0.341 e. The largest absolute Gasteiger partial charge is 0.341 e. The van der Waals surface area contributed by atoms with E-state index in [0.717, 1.165) is 35.7 Å². The highest BCUT2D eigenvalue weighted by Gasteiger charge is 2.27. The van der Waals surface area contributed by atoms with Crippen LogP contribution in [0.15, 0.2) is 28.7 Å². The number of hydrogen-bond acceptors (Lipinski definition) is 2. The van der Waals surface area contributed by atoms with Crippen LogP contribution in [0.1, 0.15) is 31.2 Å². The summed E-state index contributed by atoms with van der Waals surface area (Å²) in [4.78, 5) is 14.2. The third kappa shape index (κ3) is 3.80. The number of rotatable bonds is 3. The van der Waals surface area contributed by atoms with Crippen LogP contribution in [-0.2, 0) is 11.3 Å². The van der Waals surface area contributed by atoms with Crippen molar-refractivity contribution in [3.8, 4) is 0 Å². The minimum atomic E-state index is 0.108. The third-order valence-corrected chi connectivity index (χ3v) is 4.58. The van der Waals surface area contributed by atoms with Gasteiger partial charge in [-0.25, -0.2) is 0 Å². The fourth-order valence-electron chi connectivity index (χ4n) is 2.72. The number of halogens is 1. The molecule has 0 spiro atoms. The highest BCUT2D eigenvalue weighted by Crippen LogP contribution is 2.26. The summed E-state index contributed by atoms with van der Waals surface area (Å²) in [5.74, 6) is 0.335. The molecule has 0 saturated heterocycles. The Hall–Kier alpha value is -0.870. The molecule has 104 valence electrons. The van der Waals surface area contributed by atoms with Gasteiger partial charge in [-0.05, 0) is 30.9 Å². The Labute approximate surface area is 123 Å². The maximum absolute atomic E-state index is 12.4. The second-order valence-electron chi connectivity index (χ2n) is 5.41. The first-order valence-corrected chi connectivity index (χ1v) is 7.61. The van der Waals surface area contributed by atoms with Crippen molar-refractivity contribution < 1.29 is 4.79 Å². The Balaban J connectivity index is 1.97. The van der Waals surface area contributed by atoms with Crippen LogP contribution in [0.2, 0.25) is 0 Å². The Morgan fingerprint density at radius 3 is 2.84 bits per heavy atom. The van der Waals surface area contributed by atoms with E-state index >= 15 is 0 Å². The zero-order valence-corrected chi connectivity index (χ0v) is 12.9. The average molecular weight is 325 g/mol. The van der Waals surface area contributed by atoms with Crippen LogP contribution in [0, 0.1) is 5.92 Å². The summed E-state index contributed by atoms with van der Waals surface area (Å²) >= 11 is 3.52. The lowest BCUT2D eigenvalue weighted by molar-refractivity contribution is -0.135. The van der Waals surface area contributed by atoms with Gasteiger partial charge in [0.2, 0.25) is 5.91 Å². The van der Waals surface area contributed by atoms with Gasteiger partial charge in [0.1, 0.15) is 0 Å². The summed E-state index contributed by atoms with van der Waals surface area (Å²) in [6.07, 6.45) is 3.93. The van der Waals surface area contributed by atoms with Gasteiger partial charge in [0, 0.05) is 30.0 Å². The molecular weight excluding hydrogens is 304 g/mol. The van der Waals surface area contributed by atoms with Gasteiger partial charge in [-0.3, -0.25) is 4.79 Å². The number of hydrogen-bond donors (Lipinski definition) is 1. The van der Waals surface area contributed by atoms with E-state index in [2.05, 4.69) is 15.9 Å². The van der Waals surface area contributed by atoms with Crippen LogP contribution in [0.5, 0.6) is 0 Å². The van der Waals surface area contributed by atoms with Crippen molar-refractivity contribution in [2.45, 2.75) is 38.3 Å². The molecule has 19 heavy (non-hydrogen) atoms. The molecule has 0 aliphatic heterocycles. The Kier molecular flexibility index (Phi) is 4.99. The van der Waals surface area contributed by atoms with Crippen molar-refractivity contribution in [2.75, 3.05) is 7.05 Å². The van der Waals surface area contributed by atoms with Crippen molar-refractivity contribution in [1.29, 1.82) is 0 Å². The van der Waals surface area contributed by atoms with Crippen molar-refractivity contribution >= 4 is 21.8 Å². The molecule has 0 heterocycles. The highest BCUT2D eigenvalue weighted by molar-refractivity contribution is 9.10. The quantitative estimate of drug-likeness (QED) is 0.929. The molecule has 1 fully saturated rings. The normalized spacial score (nSPS) is 23.1. The van der Waals surface area contributed by atoms with E-state index in [1.54, 1.807) is 0 Å². The van der Waals surface area contributed by atoms with Gasteiger partial charge in [-0.2, -0.15) is 0 Å². The first kappa shape index (κ1) is 14.5. The van der Waals surface area contributed by atoms with E-state index in [1.165, 1.54) is 0 Å².